The number of rotatable bonds is 12. The standard InChI is InChI=1S/C28H32N2O13/c1-15(2)41-27(35)24-17(4)29(28(36)43-18(5)42-22(33)11-10-21(31)32)16(3)23(26(34)40-13-12-39-6)25(24)19-8-7-9-20(14-19)30(37)38/h7-11,14-15,18,25H,12-13H2,1-6H3,(H,31,32)/b11-10+. The van der Waals surface area contributed by atoms with Crippen molar-refractivity contribution in [3.8, 4) is 0 Å². The third-order valence-electron chi connectivity index (χ3n) is 5.84. The minimum Gasteiger partial charge on any atom is -0.478 e. The van der Waals surface area contributed by atoms with Gasteiger partial charge in [-0.3, -0.25) is 15.0 Å². The third-order valence-corrected chi connectivity index (χ3v) is 5.84. The molecule has 0 saturated heterocycles. The van der Waals surface area contributed by atoms with Gasteiger partial charge in [0.1, 0.15) is 6.61 Å². The largest absolute Gasteiger partial charge is 0.478 e. The van der Waals surface area contributed by atoms with Gasteiger partial charge in [0.05, 0.1) is 34.7 Å². The lowest BCUT2D eigenvalue weighted by atomic mass is 9.79. The zero-order valence-corrected chi connectivity index (χ0v) is 24.4. The van der Waals surface area contributed by atoms with E-state index in [0.29, 0.717) is 12.2 Å². The molecule has 1 aromatic carbocycles. The topological polar surface area (TPSA) is 198 Å². The smallest absolute Gasteiger partial charge is 0.421 e. The highest BCUT2D eigenvalue weighted by Gasteiger charge is 2.43. The van der Waals surface area contributed by atoms with Crippen molar-refractivity contribution in [2.75, 3.05) is 20.3 Å². The predicted molar refractivity (Wildman–Crippen MR) is 146 cm³/mol. The van der Waals surface area contributed by atoms with Crippen molar-refractivity contribution >= 4 is 35.7 Å². The van der Waals surface area contributed by atoms with E-state index in [0.717, 1.165) is 4.90 Å². The molecule has 15 nitrogen and oxygen atoms in total. The molecule has 43 heavy (non-hydrogen) atoms. The number of nitro benzene ring substituents is 1. The molecule has 1 N–H and O–H groups in total. The molecule has 0 fully saturated rings. The number of nitro groups is 1. The molecule has 1 aromatic rings. The number of benzene rings is 1. The number of nitrogens with zero attached hydrogens (tertiary/aromatic N) is 2. The highest BCUT2D eigenvalue weighted by atomic mass is 16.7. The summed E-state index contributed by atoms with van der Waals surface area (Å²) in [5.41, 5.74) is -0.656. The maximum atomic E-state index is 13.5. The molecule has 1 aliphatic rings. The number of aliphatic carboxylic acids is 1. The first-order valence-corrected chi connectivity index (χ1v) is 12.8. The van der Waals surface area contributed by atoms with Gasteiger partial charge in [-0.15, -0.1) is 0 Å². The van der Waals surface area contributed by atoms with Crippen molar-refractivity contribution in [1.29, 1.82) is 0 Å². The number of esters is 3. The third kappa shape index (κ3) is 8.97. The fourth-order valence-corrected chi connectivity index (χ4v) is 4.14. The van der Waals surface area contributed by atoms with Crippen LogP contribution in [0, 0.1) is 10.1 Å². The Labute approximate surface area is 246 Å². The number of allylic oxidation sites excluding steroid dienone is 2. The first-order valence-electron chi connectivity index (χ1n) is 12.8. The molecular formula is C28H32N2O13. The number of methoxy groups -OCH3 is 1. The summed E-state index contributed by atoms with van der Waals surface area (Å²) >= 11 is 0. The van der Waals surface area contributed by atoms with E-state index in [2.05, 4.69) is 0 Å². The predicted octanol–water partition coefficient (Wildman–Crippen LogP) is 3.35. The van der Waals surface area contributed by atoms with E-state index in [9.17, 15) is 34.1 Å². The first kappa shape index (κ1) is 34.2. The fraction of sp³-hybridized carbons (Fsp3) is 0.393. The van der Waals surface area contributed by atoms with Gasteiger partial charge in [0, 0.05) is 49.7 Å². The molecule has 1 amide bonds. The van der Waals surface area contributed by atoms with E-state index in [1.54, 1.807) is 13.8 Å². The second kappa shape index (κ2) is 15.3. The van der Waals surface area contributed by atoms with Gasteiger partial charge in [-0.1, -0.05) is 12.1 Å². The SMILES string of the molecule is COCCOC(=O)C1=C(C)N(C(=O)OC(C)OC(=O)/C=C/C(=O)O)C(C)=C(C(=O)OC(C)C)C1c1cccc([N+](=O)[O-])c1. The van der Waals surface area contributed by atoms with Crippen LogP contribution in [0.1, 0.15) is 46.1 Å². The van der Waals surface area contributed by atoms with Crippen LogP contribution in [0.4, 0.5) is 10.5 Å². The van der Waals surface area contributed by atoms with Crippen LogP contribution in [-0.2, 0) is 42.9 Å². The molecular weight excluding hydrogens is 572 g/mol. The number of ether oxygens (including phenoxy) is 5. The zero-order chi connectivity index (χ0) is 32.4. The summed E-state index contributed by atoms with van der Waals surface area (Å²) in [6.45, 7) is 6.95. The molecule has 232 valence electrons. The number of hydrogen-bond donors (Lipinski definition) is 1. The minimum atomic E-state index is -1.53. The average molecular weight is 605 g/mol. The van der Waals surface area contributed by atoms with Crippen molar-refractivity contribution in [3.05, 3.63) is 74.6 Å². The molecule has 0 spiro atoms. The lowest BCUT2D eigenvalue weighted by Gasteiger charge is -2.36. The summed E-state index contributed by atoms with van der Waals surface area (Å²) < 4.78 is 25.8. The second-order valence-electron chi connectivity index (χ2n) is 9.26. The number of amides is 1. The summed E-state index contributed by atoms with van der Waals surface area (Å²) in [4.78, 5) is 74.7. The monoisotopic (exact) mass is 604 g/mol. The van der Waals surface area contributed by atoms with Crippen LogP contribution in [0.2, 0.25) is 0 Å². The highest BCUT2D eigenvalue weighted by Crippen LogP contribution is 2.44. The fourth-order valence-electron chi connectivity index (χ4n) is 4.14. The molecule has 2 rings (SSSR count). The number of non-ortho nitro benzene ring substituents is 1. The number of carbonyl (C=O) groups excluding carboxylic acids is 4. The molecule has 15 heteroatoms. The Kier molecular flexibility index (Phi) is 12.1. The van der Waals surface area contributed by atoms with Crippen LogP contribution < -0.4 is 0 Å². The van der Waals surface area contributed by atoms with E-state index in [1.807, 2.05) is 0 Å². The van der Waals surface area contributed by atoms with Gasteiger partial charge in [0.2, 0.25) is 6.29 Å². The number of carboxylic acid groups (broad SMARTS) is 1. The molecule has 2 atom stereocenters. The van der Waals surface area contributed by atoms with E-state index < -0.39 is 53.2 Å². The average Bonchev–Trinajstić information content (AvgIpc) is 2.91. The number of carbonyl (C=O) groups is 5. The number of carboxylic acids is 1. The lowest BCUT2D eigenvalue weighted by Crippen LogP contribution is -2.40. The summed E-state index contributed by atoms with van der Waals surface area (Å²) in [6.07, 6.45) is -2.18. The van der Waals surface area contributed by atoms with Gasteiger partial charge in [-0.2, -0.15) is 0 Å². The molecule has 2 unspecified atom stereocenters. The van der Waals surface area contributed by atoms with Crippen molar-refractivity contribution < 1.29 is 57.7 Å². The van der Waals surface area contributed by atoms with Crippen LogP contribution in [0.25, 0.3) is 0 Å². The minimum absolute atomic E-state index is 0.0294. The van der Waals surface area contributed by atoms with Crippen LogP contribution in [0.3, 0.4) is 0 Å². The number of hydrogen-bond acceptors (Lipinski definition) is 12. The lowest BCUT2D eigenvalue weighted by molar-refractivity contribution is -0.384. The van der Waals surface area contributed by atoms with E-state index in [4.69, 9.17) is 28.8 Å². The van der Waals surface area contributed by atoms with Crippen molar-refractivity contribution in [1.82, 2.24) is 4.90 Å². The van der Waals surface area contributed by atoms with Crippen LogP contribution in [-0.4, -0.2) is 77.6 Å². The van der Waals surface area contributed by atoms with E-state index >= 15 is 0 Å². The highest BCUT2D eigenvalue weighted by molar-refractivity contribution is 6.01. The van der Waals surface area contributed by atoms with Crippen LogP contribution in [0.5, 0.6) is 0 Å². The van der Waals surface area contributed by atoms with Gasteiger partial charge in [-0.05, 0) is 33.3 Å². The van der Waals surface area contributed by atoms with Crippen LogP contribution >= 0.6 is 0 Å². The Morgan fingerprint density at radius 2 is 1.60 bits per heavy atom. The summed E-state index contributed by atoms with van der Waals surface area (Å²) in [6, 6.07) is 5.28. The Bertz CT molecular complexity index is 1380. The second-order valence-corrected chi connectivity index (χ2v) is 9.26. The quantitative estimate of drug-likeness (QED) is 0.0693. The molecule has 0 bridgehead atoms. The summed E-state index contributed by atoms with van der Waals surface area (Å²) in [7, 11) is 1.39. The van der Waals surface area contributed by atoms with Gasteiger partial charge in [0.15, 0.2) is 0 Å². The molecule has 1 heterocycles. The van der Waals surface area contributed by atoms with E-state index in [1.165, 1.54) is 52.1 Å². The zero-order valence-electron chi connectivity index (χ0n) is 24.4. The molecule has 0 aliphatic carbocycles. The summed E-state index contributed by atoms with van der Waals surface area (Å²) in [5, 5.41) is 20.2. The normalized spacial score (nSPS) is 15.8. The van der Waals surface area contributed by atoms with Gasteiger partial charge in [-0.25, -0.2) is 24.0 Å². The molecule has 1 aliphatic heterocycles. The Hall–Kier alpha value is -5.05. The maximum absolute atomic E-state index is 13.5. The molecule has 0 aromatic heterocycles. The Morgan fingerprint density at radius 1 is 0.977 bits per heavy atom. The molecule has 0 radical (unpaired) electrons. The van der Waals surface area contributed by atoms with Gasteiger partial charge in [0.25, 0.3) is 5.69 Å². The summed E-state index contributed by atoms with van der Waals surface area (Å²) in [5.74, 6) is -5.66. The maximum Gasteiger partial charge on any atom is 0.421 e. The van der Waals surface area contributed by atoms with Crippen molar-refractivity contribution in [2.24, 2.45) is 0 Å². The van der Waals surface area contributed by atoms with Crippen molar-refractivity contribution in [3.63, 3.8) is 0 Å². The van der Waals surface area contributed by atoms with E-state index in [-0.39, 0.29) is 47.0 Å². The molecule has 0 saturated carbocycles. The Balaban J connectivity index is 2.70. The van der Waals surface area contributed by atoms with Crippen molar-refractivity contribution in [2.45, 2.75) is 52.9 Å². The first-order chi connectivity index (χ1) is 20.2. The van der Waals surface area contributed by atoms with Crippen LogP contribution in [0.15, 0.2) is 59.0 Å². The van der Waals surface area contributed by atoms with Gasteiger partial charge < -0.3 is 28.8 Å². The van der Waals surface area contributed by atoms with Gasteiger partial charge >= 0.3 is 30.0 Å². The Morgan fingerprint density at radius 3 is 2.16 bits per heavy atom.